The van der Waals surface area contributed by atoms with Gasteiger partial charge in [-0.05, 0) is 58.9 Å². The van der Waals surface area contributed by atoms with E-state index in [0.717, 1.165) is 17.5 Å². The van der Waals surface area contributed by atoms with Crippen LogP contribution >= 0.6 is 0 Å². The summed E-state index contributed by atoms with van der Waals surface area (Å²) >= 11 is 0. The molecule has 0 radical (unpaired) electrons. The number of aryl methyl sites for hydroxylation is 1. The van der Waals surface area contributed by atoms with Crippen molar-refractivity contribution in [2.45, 2.75) is 39.0 Å². The molecule has 1 unspecified atom stereocenters. The highest BCUT2D eigenvalue weighted by Crippen LogP contribution is 2.37. The Morgan fingerprint density at radius 2 is 1.56 bits per heavy atom. The van der Waals surface area contributed by atoms with E-state index in [0.29, 0.717) is 17.7 Å². The Bertz CT molecular complexity index is 1490. The van der Waals surface area contributed by atoms with E-state index >= 15 is 0 Å². The summed E-state index contributed by atoms with van der Waals surface area (Å²) in [4.78, 5) is 12.4. The van der Waals surface area contributed by atoms with E-state index in [9.17, 15) is 31.1 Å². The van der Waals surface area contributed by atoms with Crippen molar-refractivity contribution in [3.63, 3.8) is 0 Å². The average Bonchev–Trinajstić information content (AvgIpc) is 3.11. The lowest BCUT2D eigenvalue weighted by Crippen LogP contribution is -2.19. The number of primary amides is 1. The van der Waals surface area contributed by atoms with Crippen LogP contribution in [0.1, 0.15) is 48.1 Å². The van der Waals surface area contributed by atoms with Crippen LogP contribution in [0.5, 0.6) is 0 Å². The number of amides is 1. The van der Waals surface area contributed by atoms with Gasteiger partial charge >= 0.3 is 12.4 Å². The van der Waals surface area contributed by atoms with Crippen LogP contribution in [0.4, 0.5) is 26.3 Å². The summed E-state index contributed by atoms with van der Waals surface area (Å²) < 4.78 is 80.9. The number of alkyl halides is 6. The summed E-state index contributed by atoms with van der Waals surface area (Å²) in [5.41, 5.74) is 6.09. The van der Waals surface area contributed by atoms with Crippen molar-refractivity contribution in [3.05, 3.63) is 113 Å². The predicted molar refractivity (Wildman–Crippen MR) is 146 cm³/mol. The van der Waals surface area contributed by atoms with Crippen molar-refractivity contribution in [3.8, 4) is 11.1 Å². The second kappa shape index (κ2) is 11.6. The van der Waals surface area contributed by atoms with Crippen LogP contribution in [0.3, 0.4) is 0 Å². The molecule has 0 aromatic heterocycles. The Morgan fingerprint density at radius 3 is 2.12 bits per heavy atom. The van der Waals surface area contributed by atoms with E-state index < -0.39 is 35.3 Å². The smallest absolute Gasteiger partial charge is 0.366 e. The second-order valence-corrected chi connectivity index (χ2v) is 9.72. The summed E-state index contributed by atoms with van der Waals surface area (Å²) in [5, 5.41) is 5.53. The topological polar surface area (TPSA) is 58.7 Å². The van der Waals surface area contributed by atoms with Gasteiger partial charge in [0.15, 0.2) is 0 Å². The van der Waals surface area contributed by atoms with E-state index in [2.05, 4.69) is 18.1 Å². The van der Waals surface area contributed by atoms with Crippen molar-refractivity contribution < 1.29 is 31.1 Å². The minimum Gasteiger partial charge on any atom is -0.366 e. The molecule has 1 heterocycles. The predicted octanol–water partition coefficient (Wildman–Crippen LogP) is 8.04. The van der Waals surface area contributed by atoms with E-state index in [1.54, 1.807) is 25.1 Å². The zero-order chi connectivity index (χ0) is 29.9. The number of halogens is 6. The number of nitrogens with zero attached hydrogens (tertiary/aromatic N) is 2. The van der Waals surface area contributed by atoms with Crippen molar-refractivity contribution in [1.29, 1.82) is 0 Å². The molecule has 10 heteroatoms. The number of hydrogen-bond acceptors (Lipinski definition) is 3. The fraction of sp³-hybridized carbons (Fsp3) is 0.226. The van der Waals surface area contributed by atoms with Crippen LogP contribution in [0, 0.1) is 5.92 Å². The van der Waals surface area contributed by atoms with E-state index in [-0.39, 0.29) is 29.3 Å². The molecule has 3 aromatic rings. The van der Waals surface area contributed by atoms with Crippen molar-refractivity contribution in [1.82, 2.24) is 5.01 Å². The highest BCUT2D eigenvalue weighted by molar-refractivity contribution is 6.18. The monoisotopic (exact) mass is 571 g/mol. The van der Waals surface area contributed by atoms with Gasteiger partial charge < -0.3 is 5.73 Å². The lowest BCUT2D eigenvalue weighted by atomic mass is 9.93. The first-order valence-electron chi connectivity index (χ1n) is 12.8. The van der Waals surface area contributed by atoms with Gasteiger partial charge in [0, 0.05) is 18.3 Å². The first-order chi connectivity index (χ1) is 19.3. The van der Waals surface area contributed by atoms with Gasteiger partial charge in [0.1, 0.15) is 0 Å². The third kappa shape index (κ3) is 7.06. The summed E-state index contributed by atoms with van der Waals surface area (Å²) in [7, 11) is 0. The van der Waals surface area contributed by atoms with Crippen LogP contribution in [0.15, 0.2) is 90.3 Å². The second-order valence-electron chi connectivity index (χ2n) is 9.72. The van der Waals surface area contributed by atoms with Crippen LogP contribution in [0.2, 0.25) is 0 Å². The molecule has 41 heavy (non-hydrogen) atoms. The number of hydrazone groups is 1. The molecule has 2 N–H and O–H groups in total. The van der Waals surface area contributed by atoms with Gasteiger partial charge in [0.25, 0.3) is 5.91 Å². The number of carbonyl (C=O) groups is 1. The van der Waals surface area contributed by atoms with Gasteiger partial charge in [0.05, 0.1) is 22.4 Å². The number of allylic oxidation sites excluding steroid dienone is 1. The Hall–Kier alpha value is -4.34. The first-order valence-corrected chi connectivity index (χ1v) is 12.8. The van der Waals surface area contributed by atoms with Gasteiger partial charge in [-0.1, -0.05) is 68.5 Å². The standard InChI is InChI=1S/C31H27F6N3O/c1-3-20-7-4-8-23(14-20)21-9-11-22(12-10-21)27(29(38)41)18-40-13-5-6-19(2)28(39-40)24-15-25(30(32,33)34)17-26(16-24)31(35,36)37/h4-5,7-19H,3,6H2,1-2H3,(H2,38,41)/b27-18+. The molecule has 0 fully saturated rings. The molecular formula is C31H27F6N3O. The molecule has 3 aromatic carbocycles. The molecule has 0 bridgehead atoms. The highest BCUT2D eigenvalue weighted by Gasteiger charge is 2.37. The molecule has 0 spiro atoms. The molecule has 1 amide bonds. The fourth-order valence-electron chi connectivity index (χ4n) is 4.48. The van der Waals surface area contributed by atoms with E-state index in [1.165, 1.54) is 23.0 Å². The maximum Gasteiger partial charge on any atom is 0.416 e. The van der Waals surface area contributed by atoms with Gasteiger partial charge in [-0.2, -0.15) is 31.4 Å². The van der Waals surface area contributed by atoms with Crippen LogP contribution in [0.25, 0.3) is 16.7 Å². The molecule has 0 aliphatic carbocycles. The third-order valence-electron chi connectivity index (χ3n) is 6.71. The summed E-state index contributed by atoms with van der Waals surface area (Å²) in [5.74, 6) is -1.31. The highest BCUT2D eigenvalue weighted by atomic mass is 19.4. The number of rotatable bonds is 6. The van der Waals surface area contributed by atoms with Crippen molar-refractivity contribution >= 4 is 17.2 Å². The largest absolute Gasteiger partial charge is 0.416 e. The van der Waals surface area contributed by atoms with Crippen molar-refractivity contribution in [2.24, 2.45) is 16.8 Å². The minimum atomic E-state index is -4.99. The third-order valence-corrected chi connectivity index (χ3v) is 6.71. The Balaban J connectivity index is 1.75. The quantitative estimate of drug-likeness (QED) is 0.241. The lowest BCUT2D eigenvalue weighted by molar-refractivity contribution is -0.143. The molecule has 4 rings (SSSR count). The average molecular weight is 572 g/mol. The lowest BCUT2D eigenvalue weighted by Gasteiger charge is -2.19. The number of carbonyl (C=O) groups excluding carboxylic acids is 1. The molecule has 1 atom stereocenters. The molecular weight excluding hydrogens is 544 g/mol. The Kier molecular flexibility index (Phi) is 8.42. The maximum absolute atomic E-state index is 13.5. The summed E-state index contributed by atoms with van der Waals surface area (Å²) in [6.45, 7) is 3.70. The van der Waals surface area contributed by atoms with Crippen LogP contribution in [-0.4, -0.2) is 16.6 Å². The Labute approximate surface area is 233 Å². The maximum atomic E-state index is 13.5. The van der Waals surface area contributed by atoms with Gasteiger partial charge in [-0.15, -0.1) is 0 Å². The fourth-order valence-corrected chi connectivity index (χ4v) is 4.48. The van der Waals surface area contributed by atoms with Gasteiger partial charge in [-0.25, -0.2) is 5.01 Å². The normalized spacial score (nSPS) is 16.4. The van der Waals surface area contributed by atoms with Crippen LogP contribution < -0.4 is 5.73 Å². The zero-order valence-corrected chi connectivity index (χ0v) is 22.2. The van der Waals surface area contributed by atoms with E-state index in [1.807, 2.05) is 30.3 Å². The summed E-state index contributed by atoms with van der Waals surface area (Å²) in [6.07, 6.45) is -4.37. The number of benzene rings is 3. The number of hydrogen-bond donors (Lipinski definition) is 1. The van der Waals surface area contributed by atoms with Crippen LogP contribution in [-0.2, 0) is 23.6 Å². The van der Waals surface area contributed by atoms with Gasteiger partial charge in [0.2, 0.25) is 0 Å². The molecule has 4 nitrogen and oxygen atoms in total. The molecule has 214 valence electrons. The molecule has 1 aliphatic rings. The SMILES string of the molecule is CCc1cccc(-c2ccc(/C(=C\N3C=CCC(C)C(c4cc(C(F)(F)F)cc(C(F)(F)F)c4)=N3)C(N)=O)cc2)c1. The first kappa shape index (κ1) is 29.6. The van der Waals surface area contributed by atoms with E-state index in [4.69, 9.17) is 5.73 Å². The van der Waals surface area contributed by atoms with Gasteiger partial charge in [-0.3, -0.25) is 4.79 Å². The Morgan fingerprint density at radius 1 is 0.927 bits per heavy atom. The molecule has 0 saturated carbocycles. The van der Waals surface area contributed by atoms with Crippen molar-refractivity contribution in [2.75, 3.05) is 0 Å². The number of nitrogens with two attached hydrogens (primary N) is 1. The zero-order valence-electron chi connectivity index (χ0n) is 22.2. The molecule has 1 aliphatic heterocycles. The summed E-state index contributed by atoms with van der Waals surface area (Å²) in [6, 6.07) is 16.5. The minimum absolute atomic E-state index is 0.00201. The molecule has 0 saturated heterocycles.